The van der Waals surface area contributed by atoms with Gasteiger partial charge in [0, 0.05) is 19.8 Å². The van der Waals surface area contributed by atoms with Crippen LogP contribution in [-0.2, 0) is 11.3 Å². The van der Waals surface area contributed by atoms with Gasteiger partial charge in [-0.05, 0) is 41.8 Å². The fourth-order valence-electron chi connectivity index (χ4n) is 3.09. The van der Waals surface area contributed by atoms with Crippen LogP contribution in [0.4, 0.5) is 5.69 Å². The molecule has 0 spiro atoms. The van der Waals surface area contributed by atoms with E-state index in [1.807, 2.05) is 67.5 Å². The second-order valence-corrected chi connectivity index (χ2v) is 8.45. The molecule has 1 heterocycles. The van der Waals surface area contributed by atoms with Crippen molar-refractivity contribution in [3.63, 3.8) is 0 Å². The summed E-state index contributed by atoms with van der Waals surface area (Å²) in [7, 11) is 5.66. The third-order valence-corrected chi connectivity index (χ3v) is 6.06. The molecule has 1 aliphatic heterocycles. The monoisotopic (exact) mass is 424 g/mol. The zero-order valence-electron chi connectivity index (χ0n) is 17.9. The van der Waals surface area contributed by atoms with Crippen LogP contribution in [0.1, 0.15) is 30.9 Å². The van der Waals surface area contributed by atoms with Crippen LogP contribution >= 0.6 is 11.8 Å². The van der Waals surface area contributed by atoms with E-state index in [9.17, 15) is 4.79 Å². The van der Waals surface area contributed by atoms with Crippen LogP contribution < -0.4 is 9.64 Å². The van der Waals surface area contributed by atoms with Gasteiger partial charge < -0.3 is 9.64 Å². The maximum absolute atomic E-state index is 12.9. The molecule has 0 N–H and O–H groups in total. The lowest BCUT2D eigenvalue weighted by molar-refractivity contribution is -0.126. The highest BCUT2D eigenvalue weighted by atomic mass is 32.2. The van der Waals surface area contributed by atoms with Crippen LogP contribution in [0, 0.1) is 0 Å². The van der Waals surface area contributed by atoms with Crippen LogP contribution in [0.5, 0.6) is 5.75 Å². The summed E-state index contributed by atoms with van der Waals surface area (Å²) < 4.78 is 5.22. The summed E-state index contributed by atoms with van der Waals surface area (Å²) >= 11 is 1.50. The minimum atomic E-state index is -0.0958. The summed E-state index contributed by atoms with van der Waals surface area (Å²) in [4.78, 5) is 16.7. The lowest BCUT2D eigenvalue weighted by atomic mass is 10.2. The van der Waals surface area contributed by atoms with Crippen molar-refractivity contribution < 1.29 is 9.53 Å². The number of thioether (sulfide) groups is 1. The van der Waals surface area contributed by atoms with Crippen molar-refractivity contribution >= 4 is 34.7 Å². The van der Waals surface area contributed by atoms with E-state index in [0.29, 0.717) is 11.7 Å². The van der Waals surface area contributed by atoms with Gasteiger partial charge in [-0.2, -0.15) is 5.10 Å². The Labute approximate surface area is 182 Å². The van der Waals surface area contributed by atoms with Gasteiger partial charge in [0.2, 0.25) is 5.91 Å². The van der Waals surface area contributed by atoms with Crippen molar-refractivity contribution in [2.45, 2.75) is 31.6 Å². The molecule has 30 heavy (non-hydrogen) atoms. The quantitative estimate of drug-likeness (QED) is 0.466. The number of benzene rings is 2. The molecule has 0 aromatic heterocycles. The molecular formula is C23H28N4O2S. The molecule has 7 heteroatoms. The minimum absolute atomic E-state index is 0.0958. The van der Waals surface area contributed by atoms with Crippen LogP contribution in [0.3, 0.4) is 0 Å². The fraction of sp³-hybridized carbons (Fsp3) is 0.348. The van der Waals surface area contributed by atoms with E-state index in [0.717, 1.165) is 35.4 Å². The molecule has 0 radical (unpaired) electrons. The summed E-state index contributed by atoms with van der Waals surface area (Å²) in [5.41, 5.74) is 3.12. The summed E-state index contributed by atoms with van der Waals surface area (Å²) in [6, 6.07) is 15.8. The summed E-state index contributed by atoms with van der Waals surface area (Å²) in [6.45, 7) is 2.56. The zero-order valence-corrected chi connectivity index (χ0v) is 18.7. The van der Waals surface area contributed by atoms with Crippen molar-refractivity contribution in [1.29, 1.82) is 0 Å². The number of anilines is 1. The topological polar surface area (TPSA) is 57.5 Å². The van der Waals surface area contributed by atoms with Gasteiger partial charge in [-0.25, -0.2) is 0 Å². The molecule has 158 valence electrons. The van der Waals surface area contributed by atoms with E-state index in [1.165, 1.54) is 11.8 Å². The zero-order chi connectivity index (χ0) is 21.5. The van der Waals surface area contributed by atoms with E-state index >= 15 is 0 Å². The largest absolute Gasteiger partial charge is 0.497 e. The highest BCUT2D eigenvalue weighted by molar-refractivity contribution is 8.15. The number of carbonyl (C=O) groups is 1. The first-order chi connectivity index (χ1) is 14.5. The number of hydrogen-bond acceptors (Lipinski definition) is 6. The molecule has 0 bridgehead atoms. The molecular weight excluding hydrogens is 396 g/mol. The highest BCUT2D eigenvalue weighted by Gasteiger charge is 2.37. The first kappa shape index (κ1) is 21.9. The smallest absolute Gasteiger partial charge is 0.242 e. The van der Waals surface area contributed by atoms with Crippen molar-refractivity contribution in [1.82, 2.24) is 4.90 Å². The number of rotatable bonds is 8. The highest BCUT2D eigenvalue weighted by Crippen LogP contribution is 2.32. The van der Waals surface area contributed by atoms with Gasteiger partial charge in [0.15, 0.2) is 5.17 Å². The predicted octanol–water partition coefficient (Wildman–Crippen LogP) is 4.40. The molecule has 2 aromatic carbocycles. The molecule has 3 rings (SSSR count). The number of amidine groups is 1. The first-order valence-electron chi connectivity index (χ1n) is 10.0. The Kier molecular flexibility index (Phi) is 7.52. The molecule has 2 aromatic rings. The maximum Gasteiger partial charge on any atom is 0.242 e. The molecule has 1 amide bonds. The maximum atomic E-state index is 12.9. The van der Waals surface area contributed by atoms with Crippen molar-refractivity contribution in [2.75, 3.05) is 26.1 Å². The molecule has 0 aliphatic carbocycles. The first-order valence-corrected chi connectivity index (χ1v) is 10.9. The van der Waals surface area contributed by atoms with Gasteiger partial charge in [0.05, 0.1) is 25.1 Å². The number of amides is 1. The van der Waals surface area contributed by atoms with Crippen LogP contribution in [0.15, 0.2) is 58.7 Å². The molecule has 0 unspecified atom stereocenters. The molecule has 1 aliphatic rings. The van der Waals surface area contributed by atoms with Gasteiger partial charge in [-0.3, -0.25) is 9.69 Å². The van der Waals surface area contributed by atoms with E-state index in [1.54, 1.807) is 18.2 Å². The second-order valence-electron chi connectivity index (χ2n) is 7.28. The molecule has 6 nitrogen and oxygen atoms in total. The van der Waals surface area contributed by atoms with Gasteiger partial charge in [0.1, 0.15) is 5.75 Å². The Bertz CT molecular complexity index is 908. The van der Waals surface area contributed by atoms with Gasteiger partial charge in [-0.15, -0.1) is 5.10 Å². The van der Waals surface area contributed by atoms with E-state index < -0.39 is 0 Å². The van der Waals surface area contributed by atoms with Crippen molar-refractivity contribution in [2.24, 2.45) is 10.2 Å². The van der Waals surface area contributed by atoms with Gasteiger partial charge >= 0.3 is 0 Å². The van der Waals surface area contributed by atoms with Gasteiger partial charge in [-0.1, -0.05) is 49.4 Å². The average molecular weight is 425 g/mol. The Balaban J connectivity index is 1.76. The number of nitrogens with zero attached hydrogens (tertiary/aromatic N) is 4. The van der Waals surface area contributed by atoms with Crippen LogP contribution in [0.25, 0.3) is 0 Å². The lowest BCUT2D eigenvalue weighted by Crippen LogP contribution is -2.31. The standard InChI is InChI=1S/C23H28N4O2S/c1-5-6-21-22(28)27(16-18-9-13-20(29-4)14-10-18)23(30-21)25-24-15-17-7-11-19(12-8-17)26(2)3/h7-15,21H,5-6,16H2,1-4H3/b24-15-,25-23+/t21-/m1/s1. The minimum Gasteiger partial charge on any atom is -0.497 e. The van der Waals surface area contributed by atoms with Crippen LogP contribution in [0.2, 0.25) is 0 Å². The number of ether oxygens (including phenoxy) is 1. The predicted molar refractivity (Wildman–Crippen MR) is 126 cm³/mol. The average Bonchev–Trinajstić information content (AvgIpc) is 3.04. The van der Waals surface area contributed by atoms with E-state index in [2.05, 4.69) is 17.1 Å². The third kappa shape index (κ3) is 5.42. The Hall–Kier alpha value is -2.80. The van der Waals surface area contributed by atoms with Crippen molar-refractivity contribution in [3.8, 4) is 5.75 Å². The number of methoxy groups -OCH3 is 1. The lowest BCUT2D eigenvalue weighted by Gasteiger charge is -2.16. The number of carbonyl (C=O) groups excluding carboxylic acids is 1. The summed E-state index contributed by atoms with van der Waals surface area (Å²) in [5, 5.41) is 9.20. The molecule has 1 fully saturated rings. The van der Waals surface area contributed by atoms with Crippen LogP contribution in [-0.4, -0.2) is 48.6 Å². The second kappa shape index (κ2) is 10.3. The number of hydrogen-bond donors (Lipinski definition) is 0. The van der Waals surface area contributed by atoms with E-state index in [4.69, 9.17) is 4.74 Å². The fourth-order valence-corrected chi connectivity index (χ4v) is 4.31. The molecule has 1 saturated heterocycles. The summed E-state index contributed by atoms with van der Waals surface area (Å²) in [6.07, 6.45) is 3.50. The normalized spacial score (nSPS) is 17.9. The van der Waals surface area contributed by atoms with Crippen molar-refractivity contribution in [3.05, 3.63) is 59.7 Å². The molecule has 0 saturated carbocycles. The Morgan fingerprint density at radius 2 is 1.83 bits per heavy atom. The Morgan fingerprint density at radius 3 is 2.43 bits per heavy atom. The SMILES string of the molecule is CCC[C@H]1S/C(=N/N=C\c2ccc(N(C)C)cc2)N(Cc2ccc(OC)cc2)C1=O. The third-order valence-electron chi connectivity index (χ3n) is 4.83. The molecule has 1 atom stereocenters. The Morgan fingerprint density at radius 1 is 1.13 bits per heavy atom. The van der Waals surface area contributed by atoms with E-state index in [-0.39, 0.29) is 11.2 Å². The summed E-state index contributed by atoms with van der Waals surface area (Å²) in [5.74, 6) is 0.894. The van der Waals surface area contributed by atoms with Gasteiger partial charge in [0.25, 0.3) is 0 Å².